The average molecular weight is 683 g/mol. The number of carbonyl (C=O) groups is 1. The Hall–Kier alpha value is -0.757. The predicted molar refractivity (Wildman–Crippen MR) is 263 cm³/mol. The quantitative estimate of drug-likeness (QED) is 0.178. The van der Waals surface area contributed by atoms with Gasteiger partial charge in [0.25, 0.3) is 0 Å². The van der Waals surface area contributed by atoms with E-state index in [0.29, 0.717) is 5.75 Å². The van der Waals surface area contributed by atoms with Crippen molar-refractivity contribution >= 4 is 219 Å². The Labute approximate surface area is 349 Å². The van der Waals surface area contributed by atoms with E-state index >= 15 is 0 Å². The molecule has 2 aromatic carbocycles. The number of aromatic amines is 1. The molecule has 3 aromatic rings. The maximum Gasteiger partial charge on any atom is 0.234 e. The summed E-state index contributed by atoms with van der Waals surface area (Å²) in [6, 6.07) is 16.4. The number of rotatable bonds is 13. The lowest BCUT2D eigenvalue weighted by atomic mass is 8.35. The van der Waals surface area contributed by atoms with Crippen LogP contribution in [0, 0.1) is 0 Å². The molecule has 32 heteroatoms. The molecule has 221 valence electrons. The first-order valence-electron chi connectivity index (χ1n) is 16.8. The first kappa shape index (κ1) is 48.4. The number of carbonyl (C=O) groups excluding carboxylic acids is 1. The third-order valence-corrected chi connectivity index (χ3v) is 11.0. The molecule has 2 aliphatic rings. The molecule has 2 aliphatic heterocycles. The highest BCUT2D eigenvalue weighted by molar-refractivity contribution is 8.24. The summed E-state index contributed by atoms with van der Waals surface area (Å²) in [4.78, 5) is 23.0. The molecule has 0 saturated heterocycles. The number of nitrogens with one attached hydrogen (secondary N) is 2. The fourth-order valence-electron chi connectivity index (χ4n) is 6.59. The molecule has 3 heterocycles. The van der Waals surface area contributed by atoms with Crippen molar-refractivity contribution in [2.24, 2.45) is 0 Å². The van der Waals surface area contributed by atoms with E-state index in [2.05, 4.69) is 44.5 Å². The highest BCUT2D eigenvalue weighted by atomic mass is 32.2. The van der Waals surface area contributed by atoms with Crippen LogP contribution in [0.15, 0.2) is 70.8 Å². The minimum absolute atomic E-state index is 0. The minimum atomic E-state index is -0.960. The van der Waals surface area contributed by atoms with Gasteiger partial charge in [-0.3, -0.25) is 4.79 Å². The van der Waals surface area contributed by atoms with E-state index in [0.717, 1.165) is 29.4 Å². The molecule has 0 fully saturated rings. The lowest BCUT2D eigenvalue weighted by molar-refractivity contribution is -0.113. The monoisotopic (exact) mass is 687 g/mol. The molecule has 5 rings (SSSR count). The van der Waals surface area contributed by atoms with E-state index in [-0.39, 0.29) is 13.3 Å². The standard InChI is InChI=1S/C12H13N3S.C8H7NOS.CH4.B25/c1-2-4-12-11(3-1)15(5-6-16-12)8-10-7-13-9-14-10;10-8-5-11-7-4-2-1-3-6(7)9-8;;1-14-21(15(2)3)24(20(12)13)25(22(16(4)5)17(6)7)23(18(8)9)19(10)11/h1-4,7,9H,5-6,8H2,(H,13,14);1-4H,5H2,(H,9,10);1H4;. The average Bonchev–Trinajstić information content (AvgIpc) is 3.60. The van der Waals surface area contributed by atoms with Crippen molar-refractivity contribution in [1.29, 1.82) is 0 Å². The number of aromatic nitrogens is 2. The molecule has 5 nitrogen and oxygen atoms in total. The van der Waals surface area contributed by atoms with Crippen LogP contribution in [-0.4, -0.2) is 212 Å². The Morgan fingerprint density at radius 1 is 0.717 bits per heavy atom. The first-order chi connectivity index (χ1) is 24.7. The minimum Gasteiger partial charge on any atom is -0.364 e. The lowest BCUT2D eigenvalue weighted by Crippen LogP contribution is -2.85. The summed E-state index contributed by atoms with van der Waals surface area (Å²) >= 11 is 3.52. The van der Waals surface area contributed by atoms with Crippen molar-refractivity contribution in [3.63, 3.8) is 0 Å². The highest BCUT2D eigenvalue weighted by Gasteiger charge is 2.48. The van der Waals surface area contributed by atoms with Gasteiger partial charge < -0.3 is 15.2 Å². The fourth-order valence-corrected chi connectivity index (χ4v) is 8.45. The number of hydrogen-bond donors (Lipinski definition) is 2. The van der Waals surface area contributed by atoms with Gasteiger partial charge in [0.1, 0.15) is 0 Å². The summed E-state index contributed by atoms with van der Waals surface area (Å²) in [7, 11) is 77.9. The van der Waals surface area contributed by atoms with E-state index in [1.807, 2.05) is 42.2 Å². The van der Waals surface area contributed by atoms with Gasteiger partial charge in [-0.15, -0.1) is 23.5 Å². The number of amides is 1. The molecule has 0 saturated carbocycles. The van der Waals surface area contributed by atoms with Crippen molar-refractivity contribution in [2.45, 2.75) is 23.8 Å². The number of benzene rings is 2. The van der Waals surface area contributed by atoms with E-state index in [1.165, 1.54) is 23.3 Å². The highest BCUT2D eigenvalue weighted by Crippen LogP contribution is 2.35. The molecular formula is C21H24B25N4OS2. The predicted octanol–water partition coefficient (Wildman–Crippen LogP) is -4.63. The van der Waals surface area contributed by atoms with Gasteiger partial charge in [-0.25, -0.2) is 4.98 Å². The Morgan fingerprint density at radius 3 is 1.77 bits per heavy atom. The molecule has 1 amide bonds. The summed E-state index contributed by atoms with van der Waals surface area (Å²) in [6.45, 7) is 2.01. The summed E-state index contributed by atoms with van der Waals surface area (Å²) in [6.07, 6.45) is -5.56. The van der Waals surface area contributed by atoms with Gasteiger partial charge >= 0.3 is 0 Å². The van der Waals surface area contributed by atoms with Crippen LogP contribution in [0.1, 0.15) is 13.1 Å². The fraction of sp³-hybridized carbons (Fsp3) is 0.238. The SMILES string of the molecule is C.O=C1CSc2ccccc2N1.[B][B]B(B([B])[B])B(B([B])[B])B(B(B([B])[B])B([B])[B])B(B([B])[B])B([B])[B].c1ccc2c(c1)SCCN2Cc1cnc[nH]1. The van der Waals surface area contributed by atoms with Gasteiger partial charge in [-0.1, -0.05) is 31.7 Å². The Kier molecular flexibility index (Phi) is 22.0. The van der Waals surface area contributed by atoms with Gasteiger partial charge in [-0.05, 0) is 24.3 Å². The number of para-hydroxylation sites is 2. The van der Waals surface area contributed by atoms with Gasteiger partial charge in [0.15, 0.2) is 0 Å². The number of thioether (sulfide) groups is 2. The first-order valence-corrected chi connectivity index (χ1v) is 18.7. The van der Waals surface area contributed by atoms with Gasteiger partial charge in [0, 0.05) is 206 Å². The third kappa shape index (κ3) is 14.3. The molecule has 2 N–H and O–H groups in total. The lowest BCUT2D eigenvalue weighted by Gasteiger charge is -2.47. The maximum atomic E-state index is 10.9. The normalized spacial score (nSPS) is 12.1. The van der Waals surface area contributed by atoms with Crippen LogP contribution >= 0.6 is 23.5 Å². The molecule has 27 radical (unpaired) electrons. The molecule has 0 spiro atoms. The summed E-state index contributed by atoms with van der Waals surface area (Å²) in [5.74, 6) is 1.79. The van der Waals surface area contributed by atoms with Gasteiger partial charge in [0.05, 0.1) is 35.7 Å². The van der Waals surface area contributed by atoms with Crippen molar-refractivity contribution in [2.75, 3.05) is 28.3 Å². The summed E-state index contributed by atoms with van der Waals surface area (Å²) in [5, 5.41) is 2.80. The molecule has 0 bridgehead atoms. The number of anilines is 2. The van der Waals surface area contributed by atoms with E-state index in [9.17, 15) is 4.79 Å². The van der Waals surface area contributed by atoms with Crippen LogP contribution in [0.25, 0.3) is 0 Å². The Balaban J connectivity index is 0.000000293. The van der Waals surface area contributed by atoms with E-state index in [4.69, 9.17) is 101 Å². The smallest absolute Gasteiger partial charge is 0.234 e. The van der Waals surface area contributed by atoms with E-state index in [1.54, 1.807) is 18.1 Å². The second-order valence-corrected chi connectivity index (χ2v) is 14.8. The van der Waals surface area contributed by atoms with Gasteiger partial charge in [-0.2, -0.15) is 0 Å². The van der Waals surface area contributed by atoms with Crippen LogP contribution in [0.5, 0.6) is 0 Å². The van der Waals surface area contributed by atoms with Crippen molar-refractivity contribution in [1.82, 2.24) is 9.97 Å². The van der Waals surface area contributed by atoms with Crippen LogP contribution in [0.4, 0.5) is 11.4 Å². The Morgan fingerprint density at radius 2 is 1.26 bits per heavy atom. The van der Waals surface area contributed by atoms with Crippen LogP contribution in [0.3, 0.4) is 0 Å². The topological polar surface area (TPSA) is 61.0 Å². The summed E-state index contributed by atoms with van der Waals surface area (Å²) in [5.41, 5.74) is 3.45. The second-order valence-electron chi connectivity index (χ2n) is 12.7. The number of nitrogens with zero attached hydrogens (tertiary/aromatic N) is 2. The molecule has 0 unspecified atom stereocenters. The third-order valence-electron chi connectivity index (χ3n) is 8.93. The number of fused-ring (bicyclic) bond motifs is 2. The molecule has 0 aliphatic carbocycles. The number of imidazole rings is 1. The van der Waals surface area contributed by atoms with Crippen molar-refractivity contribution in [3.8, 4) is 0 Å². The van der Waals surface area contributed by atoms with Crippen LogP contribution in [0.2, 0.25) is 0 Å². The number of H-pyrrole nitrogens is 1. The van der Waals surface area contributed by atoms with Gasteiger partial charge in [0.2, 0.25) is 5.91 Å². The van der Waals surface area contributed by atoms with E-state index < -0.39 is 70.2 Å². The number of hydrogen-bond acceptors (Lipinski definition) is 5. The Bertz CT molecular complexity index is 1460. The van der Waals surface area contributed by atoms with Crippen LogP contribution < -0.4 is 10.2 Å². The molecule has 0 atom stereocenters. The second kappa shape index (κ2) is 24.1. The summed E-state index contributed by atoms with van der Waals surface area (Å²) < 4.78 is 0. The van der Waals surface area contributed by atoms with Crippen molar-refractivity contribution in [3.05, 3.63) is 66.7 Å². The van der Waals surface area contributed by atoms with Crippen LogP contribution in [-0.2, 0) is 11.3 Å². The zero-order valence-electron chi connectivity index (χ0n) is 29.2. The zero-order chi connectivity index (χ0) is 38.5. The maximum absolute atomic E-state index is 10.9. The zero-order valence-corrected chi connectivity index (χ0v) is 30.8. The molecule has 1 aromatic heterocycles. The molecule has 53 heavy (non-hydrogen) atoms. The van der Waals surface area contributed by atoms with Crippen molar-refractivity contribution < 1.29 is 4.79 Å². The largest absolute Gasteiger partial charge is 0.364 e. The molecular weight excluding hydrogens is 659 g/mol.